The highest BCUT2D eigenvalue weighted by molar-refractivity contribution is 7.15. The van der Waals surface area contributed by atoms with Crippen molar-refractivity contribution in [3.63, 3.8) is 0 Å². The Hall–Kier alpha value is -2.47. The molecule has 0 aliphatic heterocycles. The monoisotopic (exact) mass is 300 g/mol. The van der Waals surface area contributed by atoms with E-state index in [1.807, 2.05) is 13.8 Å². The number of para-hydroxylation sites is 1. The van der Waals surface area contributed by atoms with Gasteiger partial charge in [-0.2, -0.15) is 0 Å². The van der Waals surface area contributed by atoms with E-state index in [4.69, 9.17) is 4.42 Å². The van der Waals surface area contributed by atoms with E-state index in [0.717, 1.165) is 10.6 Å². The van der Waals surface area contributed by atoms with Gasteiger partial charge in [-0.25, -0.2) is 4.98 Å². The second-order valence-electron chi connectivity index (χ2n) is 4.59. The zero-order valence-electron chi connectivity index (χ0n) is 11.5. The zero-order valence-corrected chi connectivity index (χ0v) is 12.3. The fourth-order valence-electron chi connectivity index (χ4n) is 1.90. The van der Waals surface area contributed by atoms with Gasteiger partial charge in [0, 0.05) is 10.9 Å². The lowest BCUT2D eigenvalue weighted by Gasteiger charge is -2.02. The molecule has 6 heteroatoms. The number of carbonyl (C=O) groups is 1. The van der Waals surface area contributed by atoms with Crippen LogP contribution < -0.4 is 10.7 Å². The van der Waals surface area contributed by atoms with Crippen molar-refractivity contribution in [3.8, 4) is 0 Å². The summed E-state index contributed by atoms with van der Waals surface area (Å²) >= 11 is 1.38. The minimum Gasteiger partial charge on any atom is -0.451 e. The number of nitrogens with zero attached hydrogens (tertiary/aromatic N) is 1. The van der Waals surface area contributed by atoms with E-state index in [0.29, 0.717) is 16.1 Å². The molecule has 2 aromatic heterocycles. The molecular weight excluding hydrogens is 288 g/mol. The Labute approximate surface area is 124 Å². The Kier molecular flexibility index (Phi) is 3.31. The van der Waals surface area contributed by atoms with Gasteiger partial charge >= 0.3 is 0 Å². The highest BCUT2D eigenvalue weighted by atomic mass is 32.1. The molecule has 0 aliphatic rings. The number of aromatic nitrogens is 1. The first-order valence-electron chi connectivity index (χ1n) is 6.33. The van der Waals surface area contributed by atoms with E-state index in [-0.39, 0.29) is 11.2 Å². The van der Waals surface area contributed by atoms with Gasteiger partial charge in [-0.05, 0) is 26.0 Å². The molecule has 0 fully saturated rings. The molecule has 0 spiro atoms. The summed E-state index contributed by atoms with van der Waals surface area (Å²) in [5.74, 6) is -0.504. The van der Waals surface area contributed by atoms with E-state index >= 15 is 0 Å². The third-order valence-corrected chi connectivity index (χ3v) is 4.10. The van der Waals surface area contributed by atoms with Crippen molar-refractivity contribution in [3.05, 3.63) is 56.9 Å². The Morgan fingerprint density at radius 3 is 2.76 bits per heavy atom. The number of rotatable bonds is 2. The summed E-state index contributed by atoms with van der Waals surface area (Å²) in [6.07, 6.45) is 0. The van der Waals surface area contributed by atoms with Crippen molar-refractivity contribution in [2.45, 2.75) is 13.8 Å². The quantitative estimate of drug-likeness (QED) is 0.789. The Morgan fingerprint density at radius 1 is 1.29 bits per heavy atom. The molecule has 0 radical (unpaired) electrons. The summed E-state index contributed by atoms with van der Waals surface area (Å²) in [5.41, 5.74) is 1.02. The van der Waals surface area contributed by atoms with Crippen LogP contribution in [-0.4, -0.2) is 10.9 Å². The summed E-state index contributed by atoms with van der Waals surface area (Å²) in [6.45, 7) is 3.80. The van der Waals surface area contributed by atoms with E-state index in [2.05, 4.69) is 10.3 Å². The molecule has 1 amide bonds. The van der Waals surface area contributed by atoms with Gasteiger partial charge in [0.25, 0.3) is 5.91 Å². The van der Waals surface area contributed by atoms with Crippen molar-refractivity contribution in [1.82, 2.24) is 4.98 Å². The predicted octanol–water partition coefficient (Wildman–Crippen LogP) is 3.12. The van der Waals surface area contributed by atoms with Crippen LogP contribution in [0.4, 0.5) is 5.13 Å². The lowest BCUT2D eigenvalue weighted by molar-refractivity contribution is 0.0997. The predicted molar refractivity (Wildman–Crippen MR) is 82.0 cm³/mol. The highest BCUT2D eigenvalue weighted by Crippen LogP contribution is 2.22. The van der Waals surface area contributed by atoms with Gasteiger partial charge in [0.2, 0.25) is 0 Å². The standard InChI is InChI=1S/C15H12N2O3S/c1-8-9(2)21-15(16-8)17-14(19)13-7-11(18)10-5-3-4-6-12(10)20-13/h3-7H,1-2H3,(H,16,17,19). The third-order valence-electron chi connectivity index (χ3n) is 3.11. The van der Waals surface area contributed by atoms with E-state index in [1.165, 1.54) is 17.4 Å². The van der Waals surface area contributed by atoms with Crippen LogP contribution in [0.2, 0.25) is 0 Å². The lowest BCUT2D eigenvalue weighted by Crippen LogP contribution is -2.14. The number of anilines is 1. The second-order valence-corrected chi connectivity index (χ2v) is 5.79. The summed E-state index contributed by atoms with van der Waals surface area (Å²) in [4.78, 5) is 29.4. The molecule has 0 aliphatic carbocycles. The normalized spacial score (nSPS) is 10.8. The number of benzene rings is 1. The molecule has 0 unspecified atom stereocenters. The maximum absolute atomic E-state index is 12.2. The van der Waals surface area contributed by atoms with E-state index < -0.39 is 5.91 Å². The average molecular weight is 300 g/mol. The first kappa shape index (κ1) is 13.5. The van der Waals surface area contributed by atoms with Crippen molar-refractivity contribution >= 4 is 33.3 Å². The van der Waals surface area contributed by atoms with Gasteiger partial charge in [0.15, 0.2) is 16.3 Å². The van der Waals surface area contributed by atoms with Gasteiger partial charge in [0.05, 0.1) is 11.1 Å². The molecule has 0 atom stereocenters. The van der Waals surface area contributed by atoms with Crippen LogP contribution in [0.3, 0.4) is 0 Å². The number of nitrogens with one attached hydrogen (secondary N) is 1. The number of amides is 1. The average Bonchev–Trinajstić information content (AvgIpc) is 2.77. The Bertz CT molecular complexity index is 876. The molecule has 3 aromatic rings. The largest absolute Gasteiger partial charge is 0.451 e. The Balaban J connectivity index is 1.96. The molecule has 21 heavy (non-hydrogen) atoms. The van der Waals surface area contributed by atoms with Crippen LogP contribution in [0.25, 0.3) is 11.0 Å². The number of hydrogen-bond donors (Lipinski definition) is 1. The van der Waals surface area contributed by atoms with Crippen molar-refractivity contribution in [1.29, 1.82) is 0 Å². The number of thiazole rings is 1. The molecule has 0 saturated heterocycles. The molecule has 3 rings (SSSR count). The number of hydrogen-bond acceptors (Lipinski definition) is 5. The van der Waals surface area contributed by atoms with Crippen molar-refractivity contribution < 1.29 is 9.21 Å². The molecule has 1 aromatic carbocycles. The molecule has 2 heterocycles. The summed E-state index contributed by atoms with van der Waals surface area (Å²) in [6, 6.07) is 8.02. The minimum absolute atomic E-state index is 0.0239. The highest BCUT2D eigenvalue weighted by Gasteiger charge is 2.14. The number of fused-ring (bicyclic) bond motifs is 1. The second kappa shape index (κ2) is 5.14. The van der Waals surface area contributed by atoms with Crippen LogP contribution in [-0.2, 0) is 0 Å². The number of carbonyl (C=O) groups excluding carboxylic acids is 1. The molecule has 0 saturated carbocycles. The maximum atomic E-state index is 12.2. The SMILES string of the molecule is Cc1nc(NC(=O)c2cc(=O)c3ccccc3o2)sc1C. The topological polar surface area (TPSA) is 72.2 Å². The smallest absolute Gasteiger partial charge is 0.293 e. The van der Waals surface area contributed by atoms with Gasteiger partial charge in [-0.1, -0.05) is 12.1 Å². The lowest BCUT2D eigenvalue weighted by atomic mass is 10.2. The van der Waals surface area contributed by atoms with Gasteiger partial charge in [0.1, 0.15) is 5.58 Å². The third kappa shape index (κ3) is 2.57. The molecule has 106 valence electrons. The van der Waals surface area contributed by atoms with Crippen LogP contribution in [0.1, 0.15) is 21.1 Å². The van der Waals surface area contributed by atoms with Crippen molar-refractivity contribution in [2.24, 2.45) is 0 Å². The molecule has 1 N–H and O–H groups in total. The zero-order chi connectivity index (χ0) is 15.0. The fraction of sp³-hybridized carbons (Fsp3) is 0.133. The summed E-state index contributed by atoms with van der Waals surface area (Å²) < 4.78 is 5.48. The van der Waals surface area contributed by atoms with Crippen LogP contribution in [0.5, 0.6) is 0 Å². The fourth-order valence-corrected chi connectivity index (χ4v) is 2.71. The van der Waals surface area contributed by atoms with Gasteiger partial charge in [-0.3, -0.25) is 14.9 Å². The van der Waals surface area contributed by atoms with Gasteiger partial charge in [-0.15, -0.1) is 11.3 Å². The minimum atomic E-state index is -0.480. The summed E-state index contributed by atoms with van der Waals surface area (Å²) in [7, 11) is 0. The molecule has 5 nitrogen and oxygen atoms in total. The Morgan fingerprint density at radius 2 is 2.05 bits per heavy atom. The van der Waals surface area contributed by atoms with Crippen LogP contribution in [0.15, 0.2) is 39.5 Å². The molecular formula is C15H12N2O3S. The van der Waals surface area contributed by atoms with Crippen LogP contribution in [0, 0.1) is 13.8 Å². The maximum Gasteiger partial charge on any atom is 0.293 e. The summed E-state index contributed by atoms with van der Waals surface area (Å²) in [5, 5.41) is 3.59. The van der Waals surface area contributed by atoms with Crippen molar-refractivity contribution in [2.75, 3.05) is 5.32 Å². The first-order valence-corrected chi connectivity index (χ1v) is 7.14. The van der Waals surface area contributed by atoms with Crippen LogP contribution >= 0.6 is 11.3 Å². The van der Waals surface area contributed by atoms with E-state index in [1.54, 1.807) is 24.3 Å². The first-order chi connectivity index (χ1) is 10.0. The molecule has 0 bridgehead atoms. The number of aryl methyl sites for hydroxylation is 2. The van der Waals surface area contributed by atoms with Gasteiger partial charge < -0.3 is 4.42 Å². The van der Waals surface area contributed by atoms with E-state index in [9.17, 15) is 9.59 Å².